The summed E-state index contributed by atoms with van der Waals surface area (Å²) in [6.45, 7) is 7.80. The SMILES string of the molecule is O=C(NCCN1CCOCC1)C1CC1C(=O)N1CCN(c2ccccn2)CC1. The minimum atomic E-state index is -0.147. The Labute approximate surface area is 165 Å². The second-order valence-corrected chi connectivity index (χ2v) is 7.69. The number of nitrogens with zero attached hydrogens (tertiary/aromatic N) is 4. The van der Waals surface area contributed by atoms with Gasteiger partial charge < -0.3 is 19.9 Å². The maximum atomic E-state index is 12.7. The smallest absolute Gasteiger partial charge is 0.226 e. The molecule has 0 bridgehead atoms. The van der Waals surface area contributed by atoms with E-state index in [9.17, 15) is 9.59 Å². The molecule has 2 unspecified atom stereocenters. The number of piperazine rings is 1. The third-order valence-electron chi connectivity index (χ3n) is 5.84. The Balaban J connectivity index is 1.17. The number of pyridine rings is 1. The van der Waals surface area contributed by atoms with Gasteiger partial charge in [-0.2, -0.15) is 0 Å². The number of amides is 2. The van der Waals surface area contributed by atoms with Crippen molar-refractivity contribution in [1.82, 2.24) is 20.1 Å². The van der Waals surface area contributed by atoms with Crippen molar-refractivity contribution in [2.45, 2.75) is 6.42 Å². The molecule has 0 spiro atoms. The fraction of sp³-hybridized carbons (Fsp3) is 0.650. The van der Waals surface area contributed by atoms with E-state index in [1.807, 2.05) is 23.1 Å². The van der Waals surface area contributed by atoms with Gasteiger partial charge in [0.25, 0.3) is 0 Å². The molecule has 1 aromatic heterocycles. The first-order valence-corrected chi connectivity index (χ1v) is 10.2. The molecule has 2 aliphatic heterocycles. The van der Waals surface area contributed by atoms with Crippen LogP contribution in [-0.2, 0) is 14.3 Å². The molecule has 2 atom stereocenters. The Bertz CT molecular complexity index is 672. The van der Waals surface area contributed by atoms with Crippen LogP contribution in [0.2, 0.25) is 0 Å². The average Bonchev–Trinajstić information content (AvgIpc) is 3.56. The molecule has 8 heteroatoms. The molecule has 4 rings (SSSR count). The number of morpholine rings is 1. The lowest BCUT2D eigenvalue weighted by atomic mass is 10.2. The summed E-state index contributed by atoms with van der Waals surface area (Å²) in [6, 6.07) is 5.88. The van der Waals surface area contributed by atoms with Gasteiger partial charge in [0.1, 0.15) is 5.82 Å². The fourth-order valence-corrected chi connectivity index (χ4v) is 3.98. The number of ether oxygens (including phenoxy) is 1. The molecular formula is C20H29N5O3. The molecule has 1 N–H and O–H groups in total. The van der Waals surface area contributed by atoms with Crippen LogP contribution in [0.4, 0.5) is 5.82 Å². The number of rotatable bonds is 6. The quantitative estimate of drug-likeness (QED) is 0.729. The van der Waals surface area contributed by atoms with Gasteiger partial charge in [0.2, 0.25) is 11.8 Å². The monoisotopic (exact) mass is 387 g/mol. The van der Waals surface area contributed by atoms with Crippen molar-refractivity contribution >= 4 is 17.6 Å². The van der Waals surface area contributed by atoms with Crippen LogP contribution in [0.1, 0.15) is 6.42 Å². The second kappa shape index (κ2) is 8.87. The molecule has 28 heavy (non-hydrogen) atoms. The molecule has 1 aliphatic carbocycles. The van der Waals surface area contributed by atoms with Gasteiger partial charge in [0, 0.05) is 58.6 Å². The Morgan fingerprint density at radius 3 is 2.57 bits per heavy atom. The summed E-state index contributed by atoms with van der Waals surface area (Å²) < 4.78 is 5.33. The van der Waals surface area contributed by atoms with Gasteiger partial charge in [-0.25, -0.2) is 4.98 Å². The second-order valence-electron chi connectivity index (χ2n) is 7.69. The lowest BCUT2D eigenvalue weighted by molar-refractivity contribution is -0.135. The van der Waals surface area contributed by atoms with Crippen LogP contribution in [0.25, 0.3) is 0 Å². The van der Waals surface area contributed by atoms with E-state index in [-0.39, 0.29) is 23.7 Å². The number of carbonyl (C=O) groups is 2. The lowest BCUT2D eigenvalue weighted by Crippen LogP contribution is -2.49. The number of hydrogen-bond acceptors (Lipinski definition) is 6. The molecular weight excluding hydrogens is 358 g/mol. The van der Waals surface area contributed by atoms with Gasteiger partial charge in [0.05, 0.1) is 25.0 Å². The van der Waals surface area contributed by atoms with E-state index in [1.165, 1.54) is 0 Å². The summed E-state index contributed by atoms with van der Waals surface area (Å²) in [5.41, 5.74) is 0. The zero-order valence-electron chi connectivity index (χ0n) is 16.3. The normalized spacial score (nSPS) is 25.4. The van der Waals surface area contributed by atoms with Crippen LogP contribution in [-0.4, -0.2) is 92.2 Å². The predicted octanol–water partition coefficient (Wildman–Crippen LogP) is -0.185. The highest BCUT2D eigenvalue weighted by Gasteiger charge is 2.49. The van der Waals surface area contributed by atoms with Crippen molar-refractivity contribution in [3.05, 3.63) is 24.4 Å². The molecule has 2 amide bonds. The summed E-state index contributed by atoms with van der Waals surface area (Å²) >= 11 is 0. The Kier molecular flexibility index (Phi) is 6.07. The Morgan fingerprint density at radius 1 is 1.07 bits per heavy atom. The first-order chi connectivity index (χ1) is 13.7. The highest BCUT2D eigenvalue weighted by Crippen LogP contribution is 2.40. The summed E-state index contributed by atoms with van der Waals surface area (Å²) in [4.78, 5) is 35.8. The zero-order chi connectivity index (χ0) is 19.3. The molecule has 1 aromatic rings. The maximum Gasteiger partial charge on any atom is 0.226 e. The van der Waals surface area contributed by atoms with Gasteiger partial charge in [-0.1, -0.05) is 6.07 Å². The Hall–Kier alpha value is -2.19. The molecule has 0 aromatic carbocycles. The molecule has 1 saturated carbocycles. The number of carbonyl (C=O) groups excluding carboxylic acids is 2. The van der Waals surface area contributed by atoms with Crippen molar-refractivity contribution in [3.8, 4) is 0 Å². The van der Waals surface area contributed by atoms with Crippen LogP contribution in [0.3, 0.4) is 0 Å². The minimum absolute atomic E-state index is 0.0266. The third-order valence-corrected chi connectivity index (χ3v) is 5.84. The molecule has 3 fully saturated rings. The number of anilines is 1. The minimum Gasteiger partial charge on any atom is -0.379 e. The molecule has 3 heterocycles. The summed E-state index contributed by atoms with van der Waals surface area (Å²) in [6.07, 6.45) is 2.47. The van der Waals surface area contributed by atoms with Crippen molar-refractivity contribution in [3.63, 3.8) is 0 Å². The molecule has 0 radical (unpaired) electrons. The first kappa shape index (κ1) is 19.1. The highest BCUT2D eigenvalue weighted by molar-refractivity contribution is 5.92. The van der Waals surface area contributed by atoms with Crippen molar-refractivity contribution < 1.29 is 14.3 Å². The van der Waals surface area contributed by atoms with E-state index < -0.39 is 0 Å². The Morgan fingerprint density at radius 2 is 1.86 bits per heavy atom. The van der Waals surface area contributed by atoms with Gasteiger partial charge in [0.15, 0.2) is 0 Å². The average molecular weight is 387 g/mol. The molecule has 3 aliphatic rings. The zero-order valence-corrected chi connectivity index (χ0v) is 16.3. The third kappa shape index (κ3) is 4.62. The maximum absolute atomic E-state index is 12.7. The summed E-state index contributed by atoms with van der Waals surface area (Å²) in [5, 5.41) is 3.00. The summed E-state index contributed by atoms with van der Waals surface area (Å²) in [5.74, 6) is 0.835. The van der Waals surface area contributed by atoms with E-state index in [0.717, 1.165) is 51.8 Å². The number of aromatic nitrogens is 1. The largest absolute Gasteiger partial charge is 0.379 e. The van der Waals surface area contributed by atoms with Gasteiger partial charge in [-0.05, 0) is 18.6 Å². The van der Waals surface area contributed by atoms with Crippen molar-refractivity contribution in [1.29, 1.82) is 0 Å². The van der Waals surface area contributed by atoms with Gasteiger partial charge in [-0.15, -0.1) is 0 Å². The molecule has 2 saturated heterocycles. The molecule has 152 valence electrons. The fourth-order valence-electron chi connectivity index (χ4n) is 3.98. The van der Waals surface area contributed by atoms with E-state index >= 15 is 0 Å². The lowest BCUT2D eigenvalue weighted by Gasteiger charge is -2.35. The first-order valence-electron chi connectivity index (χ1n) is 10.2. The van der Waals surface area contributed by atoms with Gasteiger partial charge >= 0.3 is 0 Å². The standard InChI is InChI=1S/C20H29N5O3/c26-19(22-5-6-23-11-13-28-14-12-23)16-15-17(16)20(27)25-9-7-24(8-10-25)18-3-1-2-4-21-18/h1-4,16-17H,5-15H2,(H,22,26). The van der Waals surface area contributed by atoms with Gasteiger partial charge in [-0.3, -0.25) is 14.5 Å². The highest BCUT2D eigenvalue weighted by atomic mass is 16.5. The van der Waals surface area contributed by atoms with Crippen LogP contribution in [0.15, 0.2) is 24.4 Å². The predicted molar refractivity (Wildman–Crippen MR) is 105 cm³/mol. The van der Waals surface area contributed by atoms with Crippen LogP contribution in [0, 0.1) is 11.8 Å². The van der Waals surface area contributed by atoms with E-state index in [2.05, 4.69) is 20.1 Å². The number of nitrogens with one attached hydrogen (secondary N) is 1. The van der Waals surface area contributed by atoms with Crippen molar-refractivity contribution in [2.24, 2.45) is 11.8 Å². The van der Waals surface area contributed by atoms with Crippen molar-refractivity contribution in [2.75, 3.05) is 70.5 Å². The van der Waals surface area contributed by atoms with Crippen LogP contribution < -0.4 is 10.2 Å². The van der Waals surface area contributed by atoms with E-state index in [1.54, 1.807) is 6.20 Å². The number of hydrogen-bond donors (Lipinski definition) is 1. The molecule has 8 nitrogen and oxygen atoms in total. The summed E-state index contributed by atoms with van der Waals surface area (Å²) in [7, 11) is 0. The van der Waals surface area contributed by atoms with Crippen LogP contribution >= 0.6 is 0 Å². The topological polar surface area (TPSA) is 78.0 Å². The van der Waals surface area contributed by atoms with E-state index in [4.69, 9.17) is 4.74 Å². The van der Waals surface area contributed by atoms with E-state index in [0.29, 0.717) is 26.1 Å². The van der Waals surface area contributed by atoms with Crippen LogP contribution in [0.5, 0.6) is 0 Å².